The van der Waals surface area contributed by atoms with E-state index in [0.717, 1.165) is 4.47 Å². The van der Waals surface area contributed by atoms with Crippen LogP contribution in [-0.2, 0) is 10.3 Å². The topological polar surface area (TPSA) is 46.6 Å². The summed E-state index contributed by atoms with van der Waals surface area (Å²) < 4.78 is 6.43. The van der Waals surface area contributed by atoms with Crippen LogP contribution in [0.25, 0.3) is 0 Å². The third-order valence-electron chi connectivity index (χ3n) is 4.48. The Hall–Kier alpha value is -2.40. The average molecular weight is 428 g/mol. The van der Waals surface area contributed by atoms with Gasteiger partial charge in [0, 0.05) is 22.0 Å². The van der Waals surface area contributed by atoms with Crippen molar-refractivity contribution in [2.24, 2.45) is 0 Å². The molecule has 0 unspecified atom stereocenters. The van der Waals surface area contributed by atoms with E-state index in [4.69, 9.17) is 4.74 Å². The maximum absolute atomic E-state index is 13.6. The number of ether oxygens (including phenoxy) is 1. The number of rotatable bonds is 3. The van der Waals surface area contributed by atoms with Gasteiger partial charge in [0.05, 0.1) is 5.69 Å². The number of halogens is 1. The summed E-state index contributed by atoms with van der Waals surface area (Å²) in [6, 6.07) is 14.6. The molecular weight excluding hydrogens is 406 g/mol. The summed E-state index contributed by atoms with van der Waals surface area (Å²) in [5.41, 5.74) is -0.174. The highest BCUT2D eigenvalue weighted by molar-refractivity contribution is 9.10. The van der Waals surface area contributed by atoms with Gasteiger partial charge in [-0.3, -0.25) is 9.69 Å². The van der Waals surface area contributed by atoms with Crippen LogP contribution in [-0.4, -0.2) is 17.5 Å². The lowest BCUT2D eigenvalue weighted by Crippen LogP contribution is -2.52. The largest absolute Gasteiger partial charge is 0.443 e. The highest BCUT2D eigenvalue weighted by Gasteiger charge is 2.56. The maximum Gasteiger partial charge on any atom is 0.416 e. The van der Waals surface area contributed by atoms with Crippen LogP contribution in [0.4, 0.5) is 10.5 Å². The molecule has 0 aromatic heterocycles. The summed E-state index contributed by atoms with van der Waals surface area (Å²) >= 11 is 3.56. The molecule has 3 rings (SSSR count). The number of para-hydroxylation sites is 1. The van der Waals surface area contributed by atoms with E-state index in [1.165, 1.54) is 4.90 Å². The first-order valence-corrected chi connectivity index (χ1v) is 9.54. The lowest BCUT2D eigenvalue weighted by atomic mass is 9.82. The number of carbonyl (C=O) groups is 2. The second kappa shape index (κ2) is 6.97. The molecule has 140 valence electrons. The number of nitrogens with zero attached hydrogens (tertiary/aromatic N) is 1. The molecule has 27 heavy (non-hydrogen) atoms. The Morgan fingerprint density at radius 2 is 1.81 bits per heavy atom. The van der Waals surface area contributed by atoms with Crippen molar-refractivity contribution in [3.05, 3.63) is 76.8 Å². The Bertz CT molecular complexity index is 916. The van der Waals surface area contributed by atoms with E-state index in [-0.39, 0.29) is 12.2 Å². The zero-order valence-electron chi connectivity index (χ0n) is 15.7. The molecule has 0 N–H and O–H groups in total. The summed E-state index contributed by atoms with van der Waals surface area (Å²) in [4.78, 5) is 28.4. The van der Waals surface area contributed by atoms with Crippen LogP contribution in [0.15, 0.2) is 65.7 Å². The second-order valence-corrected chi connectivity index (χ2v) is 8.35. The van der Waals surface area contributed by atoms with E-state index in [1.807, 2.05) is 51.1 Å². The standard InChI is InChI=1S/C22H22BrNO3/c1-5-14-22(16-11-7-8-12-17(16)23)19(25)15-10-6-9-13-18(15)24(22)20(26)27-21(2,3)4/h5-13H,1,14H2,2-4H3/t22-/m0/s1. The van der Waals surface area contributed by atoms with Crippen molar-refractivity contribution in [3.63, 3.8) is 0 Å². The maximum atomic E-state index is 13.6. The van der Waals surface area contributed by atoms with Crippen LogP contribution in [0, 0.1) is 0 Å². The van der Waals surface area contributed by atoms with Gasteiger partial charge >= 0.3 is 6.09 Å². The summed E-state index contributed by atoms with van der Waals surface area (Å²) in [7, 11) is 0. The van der Waals surface area contributed by atoms with Gasteiger partial charge in [-0.15, -0.1) is 6.58 Å². The minimum atomic E-state index is -1.24. The van der Waals surface area contributed by atoms with Gasteiger partial charge in [0.1, 0.15) is 11.1 Å². The Labute approximate surface area is 168 Å². The van der Waals surface area contributed by atoms with E-state index < -0.39 is 17.2 Å². The van der Waals surface area contributed by atoms with Gasteiger partial charge in [0.2, 0.25) is 0 Å². The minimum Gasteiger partial charge on any atom is -0.443 e. The number of hydrogen-bond donors (Lipinski definition) is 0. The smallest absolute Gasteiger partial charge is 0.416 e. The summed E-state index contributed by atoms with van der Waals surface area (Å²) in [5, 5.41) is 0. The molecule has 4 nitrogen and oxygen atoms in total. The highest BCUT2D eigenvalue weighted by atomic mass is 79.9. The molecule has 1 amide bonds. The number of anilines is 1. The number of benzene rings is 2. The number of hydrogen-bond acceptors (Lipinski definition) is 3. The van der Waals surface area contributed by atoms with Crippen LogP contribution in [0.1, 0.15) is 43.1 Å². The molecule has 2 aromatic carbocycles. The van der Waals surface area contributed by atoms with Crippen molar-refractivity contribution in [3.8, 4) is 0 Å². The lowest BCUT2D eigenvalue weighted by molar-refractivity contribution is 0.0523. The molecule has 1 aliphatic rings. The van der Waals surface area contributed by atoms with Crippen molar-refractivity contribution >= 4 is 33.5 Å². The van der Waals surface area contributed by atoms with Crippen molar-refractivity contribution in [1.82, 2.24) is 0 Å². The highest BCUT2D eigenvalue weighted by Crippen LogP contribution is 2.49. The van der Waals surface area contributed by atoms with E-state index in [0.29, 0.717) is 16.8 Å². The molecule has 0 saturated heterocycles. The molecule has 0 spiro atoms. The Morgan fingerprint density at radius 3 is 2.44 bits per heavy atom. The quantitative estimate of drug-likeness (QED) is 0.576. The van der Waals surface area contributed by atoms with Gasteiger partial charge in [-0.25, -0.2) is 4.79 Å². The SMILES string of the molecule is C=CC[C@]1(c2ccccc2Br)C(=O)c2ccccc2N1C(=O)OC(C)(C)C. The van der Waals surface area contributed by atoms with Gasteiger partial charge in [-0.1, -0.05) is 52.3 Å². The van der Waals surface area contributed by atoms with Crippen molar-refractivity contribution in [1.29, 1.82) is 0 Å². The summed E-state index contributed by atoms with van der Waals surface area (Å²) in [6.07, 6.45) is 1.38. The van der Waals surface area contributed by atoms with Crippen molar-refractivity contribution in [2.75, 3.05) is 4.90 Å². The summed E-state index contributed by atoms with van der Waals surface area (Å²) in [6.45, 7) is 9.27. The fourth-order valence-electron chi connectivity index (χ4n) is 3.49. The second-order valence-electron chi connectivity index (χ2n) is 7.49. The Kier molecular flexibility index (Phi) is 5.00. The van der Waals surface area contributed by atoms with Crippen LogP contribution >= 0.6 is 15.9 Å². The number of ketones is 1. The van der Waals surface area contributed by atoms with Gasteiger partial charge < -0.3 is 4.74 Å². The normalized spacial score (nSPS) is 19.0. The fraction of sp³-hybridized carbons (Fsp3) is 0.273. The molecule has 0 aliphatic carbocycles. The molecule has 2 aromatic rings. The zero-order chi connectivity index (χ0) is 19.8. The van der Waals surface area contributed by atoms with Crippen LogP contribution in [0.2, 0.25) is 0 Å². The molecule has 5 heteroatoms. The first kappa shape index (κ1) is 19.4. The Morgan fingerprint density at radius 1 is 1.19 bits per heavy atom. The minimum absolute atomic E-state index is 0.143. The molecule has 0 radical (unpaired) electrons. The molecule has 0 bridgehead atoms. The molecule has 1 atom stereocenters. The van der Waals surface area contributed by atoms with E-state index in [1.54, 1.807) is 24.3 Å². The van der Waals surface area contributed by atoms with E-state index >= 15 is 0 Å². The molecular formula is C22H22BrNO3. The van der Waals surface area contributed by atoms with Gasteiger partial charge in [-0.2, -0.15) is 0 Å². The molecule has 0 fully saturated rings. The van der Waals surface area contributed by atoms with Gasteiger partial charge in [0.15, 0.2) is 5.78 Å². The Balaban J connectivity index is 2.29. The number of carbonyl (C=O) groups excluding carboxylic acids is 2. The molecule has 1 heterocycles. The van der Waals surface area contributed by atoms with Crippen molar-refractivity contribution < 1.29 is 14.3 Å². The van der Waals surface area contributed by atoms with Gasteiger partial charge in [-0.05, 0) is 39.0 Å². The van der Waals surface area contributed by atoms with Crippen LogP contribution < -0.4 is 4.90 Å². The number of fused-ring (bicyclic) bond motifs is 1. The zero-order valence-corrected chi connectivity index (χ0v) is 17.2. The number of amides is 1. The monoisotopic (exact) mass is 427 g/mol. The molecule has 1 aliphatic heterocycles. The van der Waals surface area contributed by atoms with Crippen LogP contribution in [0.5, 0.6) is 0 Å². The van der Waals surface area contributed by atoms with E-state index in [9.17, 15) is 9.59 Å². The first-order chi connectivity index (χ1) is 12.7. The predicted molar refractivity (Wildman–Crippen MR) is 110 cm³/mol. The van der Waals surface area contributed by atoms with E-state index in [2.05, 4.69) is 22.5 Å². The molecule has 0 saturated carbocycles. The third kappa shape index (κ3) is 3.21. The lowest BCUT2D eigenvalue weighted by Gasteiger charge is -2.38. The summed E-state index contributed by atoms with van der Waals surface area (Å²) in [5.74, 6) is -0.143. The van der Waals surface area contributed by atoms with Gasteiger partial charge in [0.25, 0.3) is 0 Å². The van der Waals surface area contributed by atoms with Crippen molar-refractivity contribution in [2.45, 2.75) is 38.3 Å². The average Bonchev–Trinajstić information content (AvgIpc) is 2.84. The third-order valence-corrected chi connectivity index (χ3v) is 5.17. The first-order valence-electron chi connectivity index (χ1n) is 8.75. The number of Topliss-reactive ketones (excluding diaryl/α,β-unsaturated/α-hetero) is 1. The predicted octanol–water partition coefficient (Wildman–Crippen LogP) is 5.86. The van der Waals surface area contributed by atoms with Crippen LogP contribution in [0.3, 0.4) is 0 Å². The fourth-order valence-corrected chi connectivity index (χ4v) is 4.11.